The molecule has 0 aliphatic carbocycles. The van der Waals surface area contributed by atoms with Crippen LogP contribution in [-0.4, -0.2) is 47.6 Å². The fourth-order valence-electron chi connectivity index (χ4n) is 1.15. The molecule has 1 aliphatic rings. The van der Waals surface area contributed by atoms with Crippen LogP contribution >= 0.6 is 0 Å². The number of aliphatic hydroxyl groups excluding tert-OH is 2. The van der Waals surface area contributed by atoms with Crippen molar-refractivity contribution in [2.24, 2.45) is 0 Å². The monoisotopic (exact) mass is 175 g/mol. The molecule has 3 N–H and O–H groups in total. The molecule has 5 nitrogen and oxygen atoms in total. The van der Waals surface area contributed by atoms with E-state index in [0.29, 0.717) is 6.54 Å². The summed E-state index contributed by atoms with van der Waals surface area (Å²) < 4.78 is 4.67. The second-order valence-electron chi connectivity index (χ2n) is 2.88. The zero-order valence-electron chi connectivity index (χ0n) is 6.86. The molecule has 1 rings (SSSR count). The Morgan fingerprint density at radius 2 is 2.33 bits per heavy atom. The smallest absolute Gasteiger partial charge is 0.302 e. The highest BCUT2D eigenvalue weighted by Gasteiger charge is 2.33. The lowest BCUT2D eigenvalue weighted by Crippen LogP contribution is -2.37. The number of β-amino-alcohol motifs (C(OH)–C–C–N with tert-alkyl or cyclic N) is 1. The predicted octanol–water partition coefficient (Wildman–Crippen LogP) is -1.76. The number of esters is 1. The summed E-state index contributed by atoms with van der Waals surface area (Å²) in [5, 5.41) is 21.2. The highest BCUT2D eigenvalue weighted by molar-refractivity contribution is 5.65. The number of hydrogen-bond donors (Lipinski definition) is 3. The topological polar surface area (TPSA) is 78.8 Å². The van der Waals surface area contributed by atoms with Gasteiger partial charge in [-0.05, 0) is 0 Å². The molecule has 0 radical (unpaired) electrons. The van der Waals surface area contributed by atoms with Gasteiger partial charge in [-0.3, -0.25) is 4.79 Å². The Hall–Kier alpha value is -0.650. The summed E-state index contributed by atoms with van der Waals surface area (Å²) in [4.78, 5) is 10.4. The van der Waals surface area contributed by atoms with E-state index in [-0.39, 0.29) is 18.6 Å². The molecule has 1 fully saturated rings. The summed E-state index contributed by atoms with van der Waals surface area (Å²) in [6.45, 7) is 1.75. The van der Waals surface area contributed by atoms with Gasteiger partial charge in [0.15, 0.2) is 0 Å². The number of rotatable bonds is 2. The van der Waals surface area contributed by atoms with E-state index < -0.39 is 12.2 Å². The summed E-state index contributed by atoms with van der Waals surface area (Å²) in [6, 6.07) is -0.344. The second kappa shape index (κ2) is 3.84. The zero-order valence-corrected chi connectivity index (χ0v) is 6.86. The Kier molecular flexibility index (Phi) is 3.02. The van der Waals surface area contributed by atoms with Crippen molar-refractivity contribution in [2.75, 3.05) is 13.2 Å². The van der Waals surface area contributed by atoms with Crippen molar-refractivity contribution in [1.82, 2.24) is 5.32 Å². The lowest BCUT2D eigenvalue weighted by Gasteiger charge is -2.14. The van der Waals surface area contributed by atoms with Crippen LogP contribution in [0, 0.1) is 0 Å². The normalized spacial score (nSPS) is 35.1. The summed E-state index contributed by atoms with van der Waals surface area (Å²) in [5.74, 6) is -0.384. The third kappa shape index (κ3) is 2.17. The Morgan fingerprint density at radius 1 is 1.67 bits per heavy atom. The van der Waals surface area contributed by atoms with Crippen molar-refractivity contribution in [3.8, 4) is 0 Å². The number of carbonyl (C=O) groups excluding carboxylic acids is 1. The van der Waals surface area contributed by atoms with Gasteiger partial charge in [0, 0.05) is 13.5 Å². The van der Waals surface area contributed by atoms with Gasteiger partial charge >= 0.3 is 5.97 Å². The van der Waals surface area contributed by atoms with Crippen molar-refractivity contribution in [1.29, 1.82) is 0 Å². The first kappa shape index (κ1) is 9.44. The highest BCUT2D eigenvalue weighted by atomic mass is 16.5. The van der Waals surface area contributed by atoms with E-state index in [1.165, 1.54) is 6.92 Å². The molecule has 0 saturated carbocycles. The Bertz CT molecular complexity index is 173. The Labute approximate surface area is 70.3 Å². The van der Waals surface area contributed by atoms with E-state index in [2.05, 4.69) is 10.1 Å². The van der Waals surface area contributed by atoms with Gasteiger partial charge in [0.1, 0.15) is 6.61 Å². The first-order chi connectivity index (χ1) is 5.61. The minimum absolute atomic E-state index is 0.105. The van der Waals surface area contributed by atoms with Crippen LogP contribution in [0.4, 0.5) is 0 Å². The summed E-state index contributed by atoms with van der Waals surface area (Å²) >= 11 is 0. The van der Waals surface area contributed by atoms with Crippen molar-refractivity contribution in [2.45, 2.75) is 25.2 Å². The Balaban J connectivity index is 2.29. The van der Waals surface area contributed by atoms with E-state index in [9.17, 15) is 9.90 Å². The van der Waals surface area contributed by atoms with Gasteiger partial charge in [0.2, 0.25) is 0 Å². The van der Waals surface area contributed by atoms with E-state index >= 15 is 0 Å². The van der Waals surface area contributed by atoms with Gasteiger partial charge in [-0.2, -0.15) is 0 Å². The first-order valence-electron chi connectivity index (χ1n) is 3.84. The second-order valence-corrected chi connectivity index (χ2v) is 2.88. The molecular formula is C7H13NO4. The number of ether oxygens (including phenoxy) is 1. The average Bonchev–Trinajstić information content (AvgIpc) is 2.30. The summed E-state index contributed by atoms with van der Waals surface area (Å²) in [6.07, 6.45) is -1.60. The number of carbonyl (C=O) groups is 1. The standard InChI is InChI=1S/C7H13NO4/c1-4(9)12-3-5-7(11)6(10)2-8-5/h5-8,10-11H,2-3H2,1H3/t5-,6-,7-/m1/s1. The molecule has 0 spiro atoms. The number of nitrogens with one attached hydrogen (secondary N) is 1. The third-order valence-corrected chi connectivity index (χ3v) is 1.86. The highest BCUT2D eigenvalue weighted by Crippen LogP contribution is 2.07. The molecule has 1 aliphatic heterocycles. The maximum atomic E-state index is 10.4. The van der Waals surface area contributed by atoms with Crippen LogP contribution < -0.4 is 5.32 Å². The van der Waals surface area contributed by atoms with E-state index in [4.69, 9.17) is 5.11 Å². The molecule has 0 aromatic heterocycles. The molecule has 70 valence electrons. The molecule has 0 aromatic carbocycles. The van der Waals surface area contributed by atoms with Gasteiger partial charge in [0.05, 0.1) is 18.2 Å². The Morgan fingerprint density at radius 3 is 2.75 bits per heavy atom. The van der Waals surface area contributed by atoms with Gasteiger partial charge in [-0.25, -0.2) is 0 Å². The molecule has 5 heteroatoms. The van der Waals surface area contributed by atoms with Crippen molar-refractivity contribution in [3.63, 3.8) is 0 Å². The fourth-order valence-corrected chi connectivity index (χ4v) is 1.15. The van der Waals surface area contributed by atoms with Crippen LogP contribution in [0.1, 0.15) is 6.92 Å². The average molecular weight is 175 g/mol. The molecule has 0 unspecified atom stereocenters. The third-order valence-electron chi connectivity index (χ3n) is 1.86. The number of aliphatic hydroxyl groups is 2. The van der Waals surface area contributed by atoms with Gasteiger partial charge < -0.3 is 20.3 Å². The van der Waals surface area contributed by atoms with Crippen LogP contribution in [0.5, 0.6) is 0 Å². The summed E-state index contributed by atoms with van der Waals surface area (Å²) in [5.41, 5.74) is 0. The maximum absolute atomic E-state index is 10.4. The van der Waals surface area contributed by atoms with E-state index in [0.717, 1.165) is 0 Å². The van der Waals surface area contributed by atoms with E-state index in [1.54, 1.807) is 0 Å². The van der Waals surface area contributed by atoms with Crippen molar-refractivity contribution >= 4 is 5.97 Å². The lowest BCUT2D eigenvalue weighted by molar-refractivity contribution is -0.142. The SMILES string of the molecule is CC(=O)OC[C@H]1NC[C@@H](O)[C@@H]1O. The minimum Gasteiger partial charge on any atom is -0.464 e. The molecule has 1 heterocycles. The van der Waals surface area contributed by atoms with E-state index in [1.807, 2.05) is 0 Å². The minimum atomic E-state index is -0.843. The predicted molar refractivity (Wildman–Crippen MR) is 40.4 cm³/mol. The largest absolute Gasteiger partial charge is 0.464 e. The molecule has 1 saturated heterocycles. The van der Waals surface area contributed by atoms with Crippen molar-refractivity contribution < 1.29 is 19.7 Å². The molecule has 0 bridgehead atoms. The maximum Gasteiger partial charge on any atom is 0.302 e. The van der Waals surface area contributed by atoms with Crippen LogP contribution in [0.3, 0.4) is 0 Å². The quantitative estimate of drug-likeness (QED) is 0.433. The molecular weight excluding hydrogens is 162 g/mol. The fraction of sp³-hybridized carbons (Fsp3) is 0.857. The molecule has 3 atom stereocenters. The molecule has 12 heavy (non-hydrogen) atoms. The van der Waals surface area contributed by atoms with Gasteiger partial charge in [-0.15, -0.1) is 0 Å². The van der Waals surface area contributed by atoms with Gasteiger partial charge in [-0.1, -0.05) is 0 Å². The zero-order chi connectivity index (χ0) is 9.14. The van der Waals surface area contributed by atoms with Crippen LogP contribution in [0.25, 0.3) is 0 Å². The van der Waals surface area contributed by atoms with Gasteiger partial charge in [0.25, 0.3) is 0 Å². The number of hydrogen-bond acceptors (Lipinski definition) is 5. The van der Waals surface area contributed by atoms with Crippen LogP contribution in [-0.2, 0) is 9.53 Å². The van der Waals surface area contributed by atoms with Crippen LogP contribution in [0.2, 0.25) is 0 Å². The van der Waals surface area contributed by atoms with Crippen molar-refractivity contribution in [3.05, 3.63) is 0 Å². The summed E-state index contributed by atoms with van der Waals surface area (Å²) in [7, 11) is 0. The molecule has 0 amide bonds. The lowest BCUT2D eigenvalue weighted by atomic mass is 10.1. The first-order valence-corrected chi connectivity index (χ1v) is 3.84. The van der Waals surface area contributed by atoms with Crippen LogP contribution in [0.15, 0.2) is 0 Å². The molecule has 0 aromatic rings.